The van der Waals surface area contributed by atoms with Gasteiger partial charge in [-0.2, -0.15) is 0 Å². The molecule has 4 fully saturated rings. The molecule has 0 bridgehead atoms. The van der Waals surface area contributed by atoms with E-state index in [1.165, 1.54) is 57.8 Å². The smallest absolute Gasteiger partial charge is 0.0543 e. The molecule has 0 radical (unpaired) electrons. The van der Waals surface area contributed by atoms with E-state index in [0.29, 0.717) is 10.8 Å². The summed E-state index contributed by atoms with van der Waals surface area (Å²) in [5, 5.41) is 10.2. The lowest BCUT2D eigenvalue weighted by Crippen LogP contribution is -2.54. The molecule has 0 aromatic carbocycles. The monoisotopic (exact) mass is 314 g/mol. The van der Waals surface area contributed by atoms with Crippen molar-refractivity contribution in [2.24, 2.45) is 40.4 Å². The molecule has 0 amide bonds. The van der Waals surface area contributed by atoms with Crippen LogP contribution < -0.4 is 0 Å². The van der Waals surface area contributed by atoms with E-state index in [9.17, 15) is 5.11 Å². The van der Waals surface area contributed by atoms with Gasteiger partial charge in [0, 0.05) is 0 Å². The summed E-state index contributed by atoms with van der Waals surface area (Å²) in [6.45, 7) is 2.62. The van der Waals surface area contributed by atoms with Crippen molar-refractivity contribution >= 4 is 0 Å². The highest BCUT2D eigenvalue weighted by Crippen LogP contribution is 2.69. The molecule has 1 spiro atoms. The van der Waals surface area contributed by atoms with Crippen molar-refractivity contribution in [2.75, 3.05) is 0 Å². The van der Waals surface area contributed by atoms with Crippen LogP contribution in [0.15, 0.2) is 12.2 Å². The Morgan fingerprint density at radius 3 is 2.74 bits per heavy atom. The number of aliphatic hydroxyl groups excluding tert-OH is 1. The number of hydrogen-bond donors (Lipinski definition) is 1. The molecule has 1 nitrogen and oxygen atoms in total. The van der Waals surface area contributed by atoms with E-state index in [-0.39, 0.29) is 6.10 Å². The summed E-state index contributed by atoms with van der Waals surface area (Å²) < 4.78 is 0. The molecular formula is C22H34O. The normalized spacial score (nSPS) is 58.0. The van der Waals surface area contributed by atoms with Crippen LogP contribution in [0.1, 0.15) is 77.6 Å². The summed E-state index contributed by atoms with van der Waals surface area (Å²) in [7, 11) is 0. The summed E-state index contributed by atoms with van der Waals surface area (Å²) in [4.78, 5) is 0. The summed E-state index contributed by atoms with van der Waals surface area (Å²) in [5.41, 5.74) is 1.25. The van der Waals surface area contributed by atoms with Gasteiger partial charge in [-0.05, 0) is 111 Å². The highest BCUT2D eigenvalue weighted by Gasteiger charge is 2.61. The van der Waals surface area contributed by atoms with Gasteiger partial charge in [-0.15, -0.1) is 0 Å². The van der Waals surface area contributed by atoms with E-state index in [0.717, 1.165) is 42.4 Å². The molecule has 0 aromatic heterocycles. The Kier molecular flexibility index (Phi) is 3.32. The Morgan fingerprint density at radius 1 is 0.913 bits per heavy atom. The van der Waals surface area contributed by atoms with Crippen LogP contribution in [0, 0.1) is 40.4 Å². The Morgan fingerprint density at radius 2 is 1.83 bits per heavy atom. The zero-order valence-corrected chi connectivity index (χ0v) is 14.8. The van der Waals surface area contributed by atoms with Crippen LogP contribution in [0.3, 0.4) is 0 Å². The summed E-state index contributed by atoms with van der Waals surface area (Å²) in [6.07, 6.45) is 20.2. The number of fused-ring (bicyclic) bond motifs is 4. The van der Waals surface area contributed by atoms with E-state index < -0.39 is 0 Å². The third-order valence-corrected chi connectivity index (χ3v) is 9.57. The van der Waals surface area contributed by atoms with Gasteiger partial charge in [0.2, 0.25) is 0 Å². The number of allylic oxidation sites excluding steroid dienone is 2. The second-order valence-electron chi connectivity index (χ2n) is 10.0. The van der Waals surface area contributed by atoms with Crippen LogP contribution in [0.5, 0.6) is 0 Å². The molecule has 5 aliphatic carbocycles. The van der Waals surface area contributed by atoms with Crippen LogP contribution in [-0.2, 0) is 0 Å². The van der Waals surface area contributed by atoms with Crippen LogP contribution in [0.25, 0.3) is 0 Å². The highest BCUT2D eigenvalue weighted by molar-refractivity contribution is 5.16. The van der Waals surface area contributed by atoms with Crippen molar-refractivity contribution in [3.8, 4) is 0 Å². The molecule has 0 aromatic rings. The predicted molar refractivity (Wildman–Crippen MR) is 93.9 cm³/mol. The first-order chi connectivity index (χ1) is 11.1. The van der Waals surface area contributed by atoms with Crippen molar-refractivity contribution in [1.29, 1.82) is 0 Å². The minimum absolute atomic E-state index is 0.00102. The zero-order valence-electron chi connectivity index (χ0n) is 14.8. The van der Waals surface area contributed by atoms with E-state index in [4.69, 9.17) is 0 Å². The molecule has 1 heteroatoms. The molecule has 5 rings (SSSR count). The molecule has 4 saturated carbocycles. The van der Waals surface area contributed by atoms with Gasteiger partial charge in [0.25, 0.3) is 0 Å². The van der Waals surface area contributed by atoms with Gasteiger partial charge in [-0.25, -0.2) is 0 Å². The van der Waals surface area contributed by atoms with E-state index in [1.54, 1.807) is 0 Å². The summed E-state index contributed by atoms with van der Waals surface area (Å²) in [5.74, 6) is 4.73. The average molecular weight is 315 g/mol. The molecule has 0 aliphatic heterocycles. The second-order valence-corrected chi connectivity index (χ2v) is 10.0. The zero-order chi connectivity index (χ0) is 15.7. The maximum atomic E-state index is 10.2. The standard InChI is InChI=1S/C22H34O/c1-21-12-9-17(23)14-16(21)5-7-18-19(21)10-13-22-11-3-2-4-15(22)6-8-20(18)22/h2,4,15-20,23H,3,5-14H2,1H3/t15-,16-,17+,18+,19-,20-,21-,22?/m0/s1. The molecule has 23 heavy (non-hydrogen) atoms. The largest absolute Gasteiger partial charge is 0.393 e. The molecule has 0 saturated heterocycles. The molecular weight excluding hydrogens is 280 g/mol. The fourth-order valence-corrected chi connectivity index (χ4v) is 8.48. The number of aliphatic hydroxyl groups is 1. The van der Waals surface area contributed by atoms with E-state index >= 15 is 0 Å². The van der Waals surface area contributed by atoms with Gasteiger partial charge in [0.15, 0.2) is 0 Å². The fourth-order valence-electron chi connectivity index (χ4n) is 8.48. The van der Waals surface area contributed by atoms with Crippen molar-refractivity contribution in [3.05, 3.63) is 12.2 Å². The van der Waals surface area contributed by atoms with Gasteiger partial charge in [-0.1, -0.05) is 19.1 Å². The lowest BCUT2D eigenvalue weighted by atomic mass is 9.43. The van der Waals surface area contributed by atoms with Crippen molar-refractivity contribution in [3.63, 3.8) is 0 Å². The summed E-state index contributed by atoms with van der Waals surface area (Å²) >= 11 is 0. The maximum absolute atomic E-state index is 10.2. The van der Waals surface area contributed by atoms with Crippen LogP contribution in [-0.4, -0.2) is 11.2 Å². The Labute approximate surface area is 141 Å². The van der Waals surface area contributed by atoms with E-state index in [1.807, 2.05) is 0 Å². The minimum atomic E-state index is -0.00102. The minimum Gasteiger partial charge on any atom is -0.393 e. The lowest BCUT2D eigenvalue weighted by Gasteiger charge is -2.61. The average Bonchev–Trinajstić information content (AvgIpc) is 2.95. The molecule has 8 atom stereocenters. The topological polar surface area (TPSA) is 20.2 Å². The fraction of sp³-hybridized carbons (Fsp3) is 0.909. The third kappa shape index (κ3) is 1.95. The van der Waals surface area contributed by atoms with E-state index in [2.05, 4.69) is 19.1 Å². The van der Waals surface area contributed by atoms with Crippen LogP contribution in [0.2, 0.25) is 0 Å². The van der Waals surface area contributed by atoms with Gasteiger partial charge in [-0.3, -0.25) is 0 Å². The maximum Gasteiger partial charge on any atom is 0.0543 e. The Bertz CT molecular complexity index is 510. The molecule has 0 heterocycles. The predicted octanol–water partition coefficient (Wildman–Crippen LogP) is 5.34. The van der Waals surface area contributed by atoms with Gasteiger partial charge in [0.05, 0.1) is 6.10 Å². The van der Waals surface area contributed by atoms with Gasteiger partial charge >= 0.3 is 0 Å². The Hall–Kier alpha value is -0.300. The SMILES string of the molecule is C[C@]12CC[C@@H](O)C[C@@H]1CC[C@H]1[C@@H]3CC[C@@H]4C=CCCC43CC[C@@H]12. The molecule has 5 aliphatic rings. The van der Waals surface area contributed by atoms with Gasteiger partial charge in [0.1, 0.15) is 0 Å². The molecule has 1 N–H and O–H groups in total. The van der Waals surface area contributed by atoms with Crippen molar-refractivity contribution in [1.82, 2.24) is 0 Å². The third-order valence-electron chi connectivity index (χ3n) is 9.57. The van der Waals surface area contributed by atoms with Crippen molar-refractivity contribution in [2.45, 2.75) is 83.7 Å². The van der Waals surface area contributed by atoms with Gasteiger partial charge < -0.3 is 5.11 Å². The first kappa shape index (κ1) is 15.0. The lowest BCUT2D eigenvalue weighted by molar-refractivity contribution is -0.130. The second kappa shape index (κ2) is 5.10. The summed E-state index contributed by atoms with van der Waals surface area (Å²) in [6, 6.07) is 0. The number of hydrogen-bond acceptors (Lipinski definition) is 1. The molecule has 1 unspecified atom stereocenters. The number of rotatable bonds is 0. The van der Waals surface area contributed by atoms with Crippen molar-refractivity contribution < 1.29 is 5.11 Å². The molecule has 128 valence electrons. The first-order valence-corrected chi connectivity index (χ1v) is 10.5. The Balaban J connectivity index is 1.46. The highest BCUT2D eigenvalue weighted by atomic mass is 16.3. The first-order valence-electron chi connectivity index (χ1n) is 10.5. The van der Waals surface area contributed by atoms with Crippen LogP contribution >= 0.6 is 0 Å². The van der Waals surface area contributed by atoms with Crippen LogP contribution in [0.4, 0.5) is 0 Å². The quantitative estimate of drug-likeness (QED) is 0.599.